The lowest BCUT2D eigenvalue weighted by Crippen LogP contribution is -2.46. The number of nitrogens with one attached hydrogen (secondary N) is 2. The van der Waals surface area contributed by atoms with Gasteiger partial charge in [-0.2, -0.15) is 0 Å². The summed E-state index contributed by atoms with van der Waals surface area (Å²) >= 11 is 0. The zero-order chi connectivity index (χ0) is 11.8. The van der Waals surface area contributed by atoms with Crippen molar-refractivity contribution < 1.29 is 19.5 Å². The van der Waals surface area contributed by atoms with Gasteiger partial charge in [0.25, 0.3) is 0 Å². The molecule has 0 aliphatic heterocycles. The third kappa shape index (κ3) is 5.66. The number of carbonyl (C=O) groups excluding carboxylic acids is 2. The molecule has 0 bridgehead atoms. The number of urea groups is 1. The van der Waals surface area contributed by atoms with Crippen LogP contribution in [0.2, 0.25) is 0 Å². The number of carboxylic acids is 1. The van der Waals surface area contributed by atoms with Crippen LogP contribution in [0.3, 0.4) is 0 Å². The first-order valence-electron chi connectivity index (χ1n) is 4.80. The van der Waals surface area contributed by atoms with E-state index in [1.54, 1.807) is 13.8 Å². The van der Waals surface area contributed by atoms with E-state index in [9.17, 15) is 14.4 Å². The fourth-order valence-corrected chi connectivity index (χ4v) is 0.942. The Labute approximate surface area is 88.0 Å². The van der Waals surface area contributed by atoms with Crippen LogP contribution in [0, 0.1) is 0 Å². The van der Waals surface area contributed by atoms with Gasteiger partial charge in [0.2, 0.25) is 0 Å². The quantitative estimate of drug-likeness (QED) is 0.588. The van der Waals surface area contributed by atoms with Crippen LogP contribution in [-0.4, -0.2) is 35.5 Å². The number of hydrogen-bond donors (Lipinski definition) is 3. The molecule has 2 amide bonds. The summed E-state index contributed by atoms with van der Waals surface area (Å²) in [6, 6.07) is -1.72. The van der Waals surface area contributed by atoms with Gasteiger partial charge < -0.3 is 15.7 Å². The van der Waals surface area contributed by atoms with Gasteiger partial charge in [-0.15, -0.1) is 0 Å². The maximum Gasteiger partial charge on any atom is 0.326 e. The monoisotopic (exact) mass is 216 g/mol. The SMILES string of the molecule is CCNC(=O)NC(CC(=O)CC)C(=O)O. The molecule has 15 heavy (non-hydrogen) atoms. The van der Waals surface area contributed by atoms with Gasteiger partial charge in [-0.05, 0) is 6.92 Å². The maximum absolute atomic E-state index is 11.0. The number of Topliss-reactive ketones (excluding diaryl/α,β-unsaturated/α-hetero) is 1. The zero-order valence-electron chi connectivity index (χ0n) is 8.87. The maximum atomic E-state index is 11.0. The van der Waals surface area contributed by atoms with Gasteiger partial charge in [0.05, 0.1) is 0 Å². The molecule has 0 saturated carbocycles. The van der Waals surface area contributed by atoms with Crippen LogP contribution in [0.1, 0.15) is 26.7 Å². The van der Waals surface area contributed by atoms with E-state index in [1.807, 2.05) is 0 Å². The molecule has 3 N–H and O–H groups in total. The predicted octanol–water partition coefficient (Wildman–Crippen LogP) is 0.128. The van der Waals surface area contributed by atoms with E-state index in [4.69, 9.17) is 5.11 Å². The molecule has 0 rings (SSSR count). The lowest BCUT2D eigenvalue weighted by Gasteiger charge is -2.13. The molecule has 1 unspecified atom stereocenters. The summed E-state index contributed by atoms with van der Waals surface area (Å²) < 4.78 is 0. The summed E-state index contributed by atoms with van der Waals surface area (Å²) in [5, 5.41) is 13.3. The molecule has 0 spiro atoms. The molecule has 0 radical (unpaired) electrons. The first kappa shape index (κ1) is 13.4. The molecular weight excluding hydrogens is 200 g/mol. The minimum atomic E-state index is -1.21. The van der Waals surface area contributed by atoms with Gasteiger partial charge in [0.15, 0.2) is 0 Å². The summed E-state index contributed by atoms with van der Waals surface area (Å²) in [6.45, 7) is 3.76. The van der Waals surface area contributed by atoms with Crippen LogP contribution in [0.4, 0.5) is 4.79 Å². The Morgan fingerprint density at radius 3 is 2.27 bits per heavy atom. The number of rotatable bonds is 6. The fourth-order valence-electron chi connectivity index (χ4n) is 0.942. The Hall–Kier alpha value is -1.59. The number of amides is 2. The predicted molar refractivity (Wildman–Crippen MR) is 53.5 cm³/mol. The van der Waals surface area contributed by atoms with Crippen molar-refractivity contribution >= 4 is 17.8 Å². The molecule has 1 atom stereocenters. The smallest absolute Gasteiger partial charge is 0.326 e. The largest absolute Gasteiger partial charge is 0.480 e. The van der Waals surface area contributed by atoms with Crippen LogP contribution in [0.15, 0.2) is 0 Å². The van der Waals surface area contributed by atoms with Gasteiger partial charge in [0.1, 0.15) is 11.8 Å². The Morgan fingerprint density at radius 1 is 1.27 bits per heavy atom. The second-order valence-electron chi connectivity index (χ2n) is 2.99. The van der Waals surface area contributed by atoms with Gasteiger partial charge in [-0.25, -0.2) is 9.59 Å². The van der Waals surface area contributed by atoms with Crippen LogP contribution in [0.25, 0.3) is 0 Å². The lowest BCUT2D eigenvalue weighted by atomic mass is 10.1. The highest BCUT2D eigenvalue weighted by Gasteiger charge is 2.21. The molecule has 0 aliphatic carbocycles. The van der Waals surface area contributed by atoms with Gasteiger partial charge in [-0.1, -0.05) is 6.92 Å². The summed E-state index contributed by atoms with van der Waals surface area (Å²) in [7, 11) is 0. The van der Waals surface area contributed by atoms with Crippen LogP contribution < -0.4 is 10.6 Å². The normalized spacial score (nSPS) is 11.6. The Balaban J connectivity index is 4.22. The first-order chi connectivity index (χ1) is 7.01. The van der Waals surface area contributed by atoms with Crippen LogP contribution in [-0.2, 0) is 9.59 Å². The third-order valence-electron chi connectivity index (χ3n) is 1.77. The molecule has 86 valence electrons. The molecule has 6 nitrogen and oxygen atoms in total. The zero-order valence-corrected chi connectivity index (χ0v) is 8.87. The molecule has 6 heteroatoms. The molecule has 0 fully saturated rings. The minimum absolute atomic E-state index is 0.178. The van der Waals surface area contributed by atoms with E-state index >= 15 is 0 Å². The molecular formula is C9H16N2O4. The van der Waals surface area contributed by atoms with Gasteiger partial charge >= 0.3 is 12.0 Å². The van der Waals surface area contributed by atoms with Crippen molar-refractivity contribution in [1.82, 2.24) is 10.6 Å². The summed E-state index contributed by atoms with van der Waals surface area (Å²) in [5.74, 6) is -1.40. The third-order valence-corrected chi connectivity index (χ3v) is 1.77. The van der Waals surface area contributed by atoms with Crippen molar-refractivity contribution in [1.29, 1.82) is 0 Å². The van der Waals surface area contributed by atoms with Crippen LogP contribution >= 0.6 is 0 Å². The number of ketones is 1. The van der Waals surface area contributed by atoms with E-state index in [0.717, 1.165) is 0 Å². The molecule has 0 aromatic rings. The van der Waals surface area contributed by atoms with Crippen LogP contribution in [0.5, 0.6) is 0 Å². The van der Waals surface area contributed by atoms with Crippen molar-refractivity contribution in [2.24, 2.45) is 0 Å². The highest BCUT2D eigenvalue weighted by atomic mass is 16.4. The Kier molecular flexibility index (Phi) is 6.08. The van der Waals surface area contributed by atoms with E-state index in [0.29, 0.717) is 6.54 Å². The highest BCUT2D eigenvalue weighted by molar-refractivity contribution is 5.88. The van der Waals surface area contributed by atoms with E-state index in [2.05, 4.69) is 10.6 Å². The second-order valence-corrected chi connectivity index (χ2v) is 2.99. The van der Waals surface area contributed by atoms with Gasteiger partial charge in [0, 0.05) is 19.4 Å². The van der Waals surface area contributed by atoms with Crippen molar-refractivity contribution in [2.75, 3.05) is 6.54 Å². The minimum Gasteiger partial charge on any atom is -0.480 e. The lowest BCUT2D eigenvalue weighted by molar-refractivity contribution is -0.140. The number of carbonyl (C=O) groups is 3. The topological polar surface area (TPSA) is 95.5 Å². The summed E-state index contributed by atoms with van der Waals surface area (Å²) in [5.41, 5.74) is 0. The second kappa shape index (κ2) is 6.80. The van der Waals surface area contributed by atoms with Crippen molar-refractivity contribution in [3.05, 3.63) is 0 Å². The van der Waals surface area contributed by atoms with E-state index in [1.165, 1.54) is 0 Å². The number of carboxylic acid groups (broad SMARTS) is 1. The van der Waals surface area contributed by atoms with E-state index in [-0.39, 0.29) is 18.6 Å². The average molecular weight is 216 g/mol. The molecule has 0 saturated heterocycles. The molecule has 0 aliphatic rings. The van der Waals surface area contributed by atoms with E-state index < -0.39 is 18.0 Å². The van der Waals surface area contributed by atoms with Crippen molar-refractivity contribution in [3.63, 3.8) is 0 Å². The fraction of sp³-hybridized carbons (Fsp3) is 0.667. The number of aliphatic carboxylic acids is 1. The first-order valence-corrected chi connectivity index (χ1v) is 4.80. The molecule has 0 aromatic heterocycles. The molecule has 0 aromatic carbocycles. The summed E-state index contributed by atoms with van der Waals surface area (Å²) in [6.07, 6.45) is 0.0871. The number of hydrogen-bond acceptors (Lipinski definition) is 3. The highest BCUT2D eigenvalue weighted by Crippen LogP contribution is 1.97. The van der Waals surface area contributed by atoms with Crippen molar-refractivity contribution in [2.45, 2.75) is 32.7 Å². The summed E-state index contributed by atoms with van der Waals surface area (Å²) in [4.78, 5) is 32.8. The standard InChI is InChI=1S/C9H16N2O4/c1-3-6(12)5-7(8(13)14)11-9(15)10-4-2/h7H,3-5H2,1-2H3,(H,13,14)(H2,10,11,15). The Bertz CT molecular complexity index is 252. The average Bonchev–Trinajstić information content (AvgIpc) is 2.16. The van der Waals surface area contributed by atoms with Crippen molar-refractivity contribution in [3.8, 4) is 0 Å². The molecule has 0 heterocycles. The Morgan fingerprint density at radius 2 is 1.87 bits per heavy atom. The van der Waals surface area contributed by atoms with Gasteiger partial charge in [-0.3, -0.25) is 4.79 Å².